The molecule has 3 heteroatoms. The molecule has 0 amide bonds. The Balaban J connectivity index is 2.12. The van der Waals surface area contributed by atoms with Crippen molar-refractivity contribution in [1.82, 2.24) is 4.90 Å². The van der Waals surface area contributed by atoms with Crippen molar-refractivity contribution in [3.05, 3.63) is 0 Å². The smallest absolute Gasteiger partial charge is 0.0430 e. The lowest BCUT2D eigenvalue weighted by Gasteiger charge is -2.51. The van der Waals surface area contributed by atoms with Gasteiger partial charge in [0.05, 0.1) is 0 Å². The third-order valence-corrected chi connectivity index (χ3v) is 6.13. The van der Waals surface area contributed by atoms with Crippen LogP contribution in [0.25, 0.3) is 0 Å². The first-order valence-corrected chi connectivity index (χ1v) is 8.73. The van der Waals surface area contributed by atoms with Gasteiger partial charge in [-0.15, -0.1) is 0 Å². The molecular formula is C15H30N2S. The van der Waals surface area contributed by atoms with Crippen molar-refractivity contribution in [1.29, 1.82) is 0 Å². The normalized spacial score (nSPS) is 31.8. The Morgan fingerprint density at radius 1 is 1.28 bits per heavy atom. The maximum Gasteiger partial charge on any atom is 0.0430 e. The summed E-state index contributed by atoms with van der Waals surface area (Å²) in [6, 6.07) is 0.842. The van der Waals surface area contributed by atoms with Crippen molar-refractivity contribution < 1.29 is 0 Å². The Bertz CT molecular complexity index is 276. The van der Waals surface area contributed by atoms with E-state index < -0.39 is 0 Å². The summed E-state index contributed by atoms with van der Waals surface area (Å²) in [6.07, 6.45) is 6.70. The SMILES string of the molecule is CCCCN(C1CC1)C1(CN)CSCC(C)(C)C1. The molecule has 0 aromatic rings. The molecule has 1 heterocycles. The predicted octanol–water partition coefficient (Wildman–Crippen LogP) is 3.11. The van der Waals surface area contributed by atoms with Crippen LogP contribution in [0, 0.1) is 5.41 Å². The summed E-state index contributed by atoms with van der Waals surface area (Å²) in [6.45, 7) is 9.21. The van der Waals surface area contributed by atoms with Gasteiger partial charge in [-0.2, -0.15) is 11.8 Å². The van der Waals surface area contributed by atoms with E-state index in [-0.39, 0.29) is 5.54 Å². The van der Waals surface area contributed by atoms with Crippen LogP contribution in [0.15, 0.2) is 0 Å². The number of nitrogens with two attached hydrogens (primary N) is 1. The van der Waals surface area contributed by atoms with Crippen LogP contribution in [0.4, 0.5) is 0 Å². The van der Waals surface area contributed by atoms with E-state index >= 15 is 0 Å². The molecule has 1 saturated carbocycles. The first kappa shape index (κ1) is 14.7. The van der Waals surface area contributed by atoms with Crippen molar-refractivity contribution in [3.8, 4) is 0 Å². The fourth-order valence-corrected chi connectivity index (χ4v) is 4.99. The first-order valence-electron chi connectivity index (χ1n) is 7.58. The van der Waals surface area contributed by atoms with Crippen LogP contribution in [0.2, 0.25) is 0 Å². The molecule has 2 N–H and O–H groups in total. The second-order valence-corrected chi connectivity index (χ2v) is 8.03. The molecule has 1 unspecified atom stereocenters. The molecule has 2 rings (SSSR count). The molecule has 0 aromatic carbocycles. The van der Waals surface area contributed by atoms with Gasteiger partial charge in [0, 0.05) is 23.9 Å². The molecule has 0 radical (unpaired) electrons. The highest BCUT2D eigenvalue weighted by Gasteiger charge is 2.47. The summed E-state index contributed by atoms with van der Waals surface area (Å²) >= 11 is 2.12. The highest BCUT2D eigenvalue weighted by atomic mass is 32.2. The standard InChI is InChI=1S/C15H30N2S/c1-4-5-8-17(13-6-7-13)15(10-16)9-14(2,3)11-18-12-15/h13H,4-12,16H2,1-3H3. The van der Waals surface area contributed by atoms with Gasteiger partial charge < -0.3 is 5.73 Å². The summed E-state index contributed by atoms with van der Waals surface area (Å²) in [5, 5.41) is 0. The fourth-order valence-electron chi connectivity index (χ4n) is 3.46. The average Bonchev–Trinajstić information content (AvgIpc) is 3.12. The number of rotatable bonds is 6. The van der Waals surface area contributed by atoms with E-state index in [1.165, 1.54) is 50.2 Å². The zero-order chi connectivity index (χ0) is 13.2. The zero-order valence-corrected chi connectivity index (χ0v) is 13.2. The summed E-state index contributed by atoms with van der Waals surface area (Å²) < 4.78 is 0. The summed E-state index contributed by atoms with van der Waals surface area (Å²) in [5.41, 5.74) is 6.97. The minimum atomic E-state index is 0.281. The maximum atomic E-state index is 6.24. The Morgan fingerprint density at radius 2 is 2.00 bits per heavy atom. The molecule has 18 heavy (non-hydrogen) atoms. The molecule has 2 fully saturated rings. The van der Waals surface area contributed by atoms with Gasteiger partial charge in [-0.1, -0.05) is 27.2 Å². The minimum absolute atomic E-state index is 0.281. The van der Waals surface area contributed by atoms with E-state index in [0.717, 1.165) is 12.6 Å². The van der Waals surface area contributed by atoms with E-state index in [1.807, 2.05) is 0 Å². The lowest BCUT2D eigenvalue weighted by molar-refractivity contribution is 0.0595. The topological polar surface area (TPSA) is 29.3 Å². The number of hydrogen-bond acceptors (Lipinski definition) is 3. The van der Waals surface area contributed by atoms with Gasteiger partial charge in [0.15, 0.2) is 0 Å². The third-order valence-electron chi connectivity index (χ3n) is 4.40. The number of thioether (sulfide) groups is 1. The van der Waals surface area contributed by atoms with E-state index in [9.17, 15) is 0 Å². The first-order chi connectivity index (χ1) is 8.53. The summed E-state index contributed by atoms with van der Waals surface area (Å²) in [4.78, 5) is 2.80. The second kappa shape index (κ2) is 5.72. The van der Waals surface area contributed by atoms with Gasteiger partial charge in [-0.25, -0.2) is 0 Å². The van der Waals surface area contributed by atoms with Crippen LogP contribution in [0.3, 0.4) is 0 Å². The predicted molar refractivity (Wildman–Crippen MR) is 82.1 cm³/mol. The molecule has 0 spiro atoms. The van der Waals surface area contributed by atoms with Crippen molar-refractivity contribution >= 4 is 11.8 Å². The number of unbranched alkanes of at least 4 members (excludes halogenated alkanes) is 1. The third kappa shape index (κ3) is 3.23. The largest absolute Gasteiger partial charge is 0.329 e. The van der Waals surface area contributed by atoms with Gasteiger partial charge >= 0.3 is 0 Å². The Morgan fingerprint density at radius 3 is 2.50 bits per heavy atom. The minimum Gasteiger partial charge on any atom is -0.329 e. The fraction of sp³-hybridized carbons (Fsp3) is 1.00. The van der Waals surface area contributed by atoms with Crippen LogP contribution in [0.5, 0.6) is 0 Å². The average molecular weight is 270 g/mol. The Labute approximate surface area is 117 Å². The van der Waals surface area contributed by atoms with E-state index in [2.05, 4.69) is 37.4 Å². The van der Waals surface area contributed by atoms with Crippen molar-refractivity contribution in [3.63, 3.8) is 0 Å². The highest BCUT2D eigenvalue weighted by Crippen LogP contribution is 2.45. The van der Waals surface area contributed by atoms with Crippen molar-refractivity contribution in [2.45, 2.75) is 64.5 Å². The summed E-state index contributed by atoms with van der Waals surface area (Å²) in [5.74, 6) is 2.54. The molecule has 1 aliphatic heterocycles. The molecule has 1 aliphatic carbocycles. The molecular weight excluding hydrogens is 240 g/mol. The van der Waals surface area contributed by atoms with Crippen LogP contribution >= 0.6 is 11.8 Å². The van der Waals surface area contributed by atoms with Gasteiger partial charge in [-0.3, -0.25) is 4.90 Å². The number of hydrogen-bond donors (Lipinski definition) is 1. The Kier molecular flexibility index (Phi) is 4.66. The molecule has 1 atom stereocenters. The Hall–Kier alpha value is 0.270. The lowest BCUT2D eigenvalue weighted by Crippen LogP contribution is -2.61. The monoisotopic (exact) mass is 270 g/mol. The van der Waals surface area contributed by atoms with Crippen LogP contribution in [-0.2, 0) is 0 Å². The van der Waals surface area contributed by atoms with E-state index in [1.54, 1.807) is 0 Å². The molecule has 2 aliphatic rings. The highest BCUT2D eigenvalue weighted by molar-refractivity contribution is 7.99. The van der Waals surface area contributed by atoms with E-state index in [4.69, 9.17) is 5.73 Å². The number of nitrogens with zero attached hydrogens (tertiary/aromatic N) is 1. The molecule has 1 saturated heterocycles. The molecule has 0 bridgehead atoms. The quantitative estimate of drug-likeness (QED) is 0.804. The van der Waals surface area contributed by atoms with E-state index in [0.29, 0.717) is 5.41 Å². The van der Waals surface area contributed by atoms with Crippen LogP contribution in [-0.4, -0.2) is 41.1 Å². The van der Waals surface area contributed by atoms with Gasteiger partial charge in [0.25, 0.3) is 0 Å². The molecule has 106 valence electrons. The van der Waals surface area contributed by atoms with Crippen molar-refractivity contribution in [2.75, 3.05) is 24.6 Å². The summed E-state index contributed by atoms with van der Waals surface area (Å²) in [7, 11) is 0. The lowest BCUT2D eigenvalue weighted by atomic mass is 9.78. The van der Waals surface area contributed by atoms with Crippen molar-refractivity contribution in [2.24, 2.45) is 11.1 Å². The van der Waals surface area contributed by atoms with Crippen LogP contribution < -0.4 is 5.73 Å². The van der Waals surface area contributed by atoms with Crippen LogP contribution in [0.1, 0.15) is 52.9 Å². The zero-order valence-electron chi connectivity index (χ0n) is 12.4. The second-order valence-electron chi connectivity index (χ2n) is 7.04. The maximum absolute atomic E-state index is 6.24. The molecule has 0 aromatic heterocycles. The van der Waals surface area contributed by atoms with Gasteiger partial charge in [0.1, 0.15) is 0 Å². The molecule has 2 nitrogen and oxygen atoms in total. The van der Waals surface area contributed by atoms with Gasteiger partial charge in [-0.05, 0) is 43.4 Å². The van der Waals surface area contributed by atoms with Gasteiger partial charge in [0.2, 0.25) is 0 Å².